The summed E-state index contributed by atoms with van der Waals surface area (Å²) in [6.45, 7) is 2.01. The third-order valence-corrected chi connectivity index (χ3v) is 3.73. The first kappa shape index (κ1) is 15.7. The summed E-state index contributed by atoms with van der Waals surface area (Å²) in [6, 6.07) is 19.4. The number of fused-ring (bicyclic) bond motifs is 1. The lowest BCUT2D eigenvalue weighted by Crippen LogP contribution is -2.18. The second kappa shape index (κ2) is 6.96. The zero-order valence-corrected chi connectivity index (χ0v) is 13.6. The third-order valence-electron chi connectivity index (χ3n) is 3.73. The van der Waals surface area contributed by atoms with E-state index in [1.54, 1.807) is 13.3 Å². The molecule has 0 fully saturated rings. The summed E-state index contributed by atoms with van der Waals surface area (Å²) in [5, 5.41) is 6.03. The normalized spacial score (nSPS) is 10.9. The molecule has 0 aliphatic carbocycles. The van der Waals surface area contributed by atoms with Gasteiger partial charge in [0.15, 0.2) is 0 Å². The maximum atomic E-state index is 12.4. The minimum absolute atomic E-state index is 0.304. The molecule has 4 heteroatoms. The lowest BCUT2D eigenvalue weighted by Gasteiger charge is -2.09. The topological polar surface area (TPSA) is 50.7 Å². The lowest BCUT2D eigenvalue weighted by molar-refractivity contribution is 0.0952. The Labute approximate surface area is 140 Å². The van der Waals surface area contributed by atoms with Crippen LogP contribution in [0.15, 0.2) is 65.8 Å². The number of aryl methyl sites for hydroxylation is 1. The van der Waals surface area contributed by atoms with E-state index in [-0.39, 0.29) is 5.91 Å². The van der Waals surface area contributed by atoms with Crippen molar-refractivity contribution in [3.05, 3.63) is 77.4 Å². The van der Waals surface area contributed by atoms with Gasteiger partial charge in [0.2, 0.25) is 0 Å². The van der Waals surface area contributed by atoms with Crippen LogP contribution in [0.1, 0.15) is 21.5 Å². The van der Waals surface area contributed by atoms with Gasteiger partial charge < -0.3 is 4.74 Å². The van der Waals surface area contributed by atoms with Crippen molar-refractivity contribution in [1.82, 2.24) is 5.43 Å². The van der Waals surface area contributed by atoms with E-state index in [1.807, 2.05) is 67.6 Å². The first-order valence-electron chi connectivity index (χ1n) is 7.64. The van der Waals surface area contributed by atoms with Crippen LogP contribution in [0.2, 0.25) is 0 Å². The molecule has 0 unspecified atom stereocenters. The summed E-state index contributed by atoms with van der Waals surface area (Å²) < 4.78 is 5.34. The minimum Gasteiger partial charge on any atom is -0.496 e. The zero-order valence-electron chi connectivity index (χ0n) is 13.6. The first-order valence-corrected chi connectivity index (χ1v) is 7.64. The Bertz CT molecular complexity index is 916. The first-order chi connectivity index (χ1) is 11.7. The van der Waals surface area contributed by atoms with E-state index in [2.05, 4.69) is 10.5 Å². The van der Waals surface area contributed by atoms with Crippen molar-refractivity contribution >= 4 is 22.9 Å². The van der Waals surface area contributed by atoms with Crippen LogP contribution in [0, 0.1) is 6.92 Å². The van der Waals surface area contributed by atoms with Gasteiger partial charge in [-0.3, -0.25) is 4.79 Å². The molecule has 0 bridgehead atoms. The molecule has 0 saturated carbocycles. The molecule has 1 amide bonds. The van der Waals surface area contributed by atoms with Gasteiger partial charge in [0.25, 0.3) is 5.91 Å². The summed E-state index contributed by atoms with van der Waals surface area (Å²) >= 11 is 0. The van der Waals surface area contributed by atoms with E-state index < -0.39 is 0 Å². The Balaban J connectivity index is 1.83. The van der Waals surface area contributed by atoms with Crippen LogP contribution in [0.25, 0.3) is 10.8 Å². The fourth-order valence-corrected chi connectivity index (χ4v) is 2.54. The van der Waals surface area contributed by atoms with Crippen LogP contribution >= 0.6 is 0 Å². The molecule has 0 radical (unpaired) electrons. The van der Waals surface area contributed by atoms with Crippen LogP contribution in [-0.2, 0) is 0 Å². The largest absolute Gasteiger partial charge is 0.496 e. The molecule has 0 aliphatic heterocycles. The number of carbonyl (C=O) groups is 1. The van der Waals surface area contributed by atoms with E-state index in [0.717, 1.165) is 21.9 Å². The van der Waals surface area contributed by atoms with Gasteiger partial charge in [-0.1, -0.05) is 54.1 Å². The number of ether oxygens (including phenoxy) is 1. The molecule has 0 saturated heterocycles. The second-order valence-electron chi connectivity index (χ2n) is 5.51. The summed E-state index contributed by atoms with van der Waals surface area (Å²) in [7, 11) is 1.55. The number of benzene rings is 3. The lowest BCUT2D eigenvalue weighted by atomic mass is 10.1. The molecule has 3 aromatic rings. The van der Waals surface area contributed by atoms with Gasteiger partial charge in [-0.05, 0) is 35.4 Å². The van der Waals surface area contributed by atoms with Gasteiger partial charge in [0, 0.05) is 0 Å². The molecule has 0 aliphatic rings. The number of nitrogens with one attached hydrogen (secondary N) is 1. The fraction of sp³-hybridized carbons (Fsp3) is 0.100. The maximum absolute atomic E-state index is 12.4. The van der Waals surface area contributed by atoms with Crippen molar-refractivity contribution in [2.45, 2.75) is 6.92 Å². The smallest absolute Gasteiger partial charge is 0.275 e. The molecule has 0 spiro atoms. The van der Waals surface area contributed by atoms with Crippen molar-refractivity contribution in [2.75, 3.05) is 7.11 Å². The Morgan fingerprint density at radius 1 is 1.04 bits per heavy atom. The summed E-state index contributed by atoms with van der Waals surface area (Å²) in [5.41, 5.74) is 5.08. The second-order valence-corrected chi connectivity index (χ2v) is 5.51. The van der Waals surface area contributed by atoms with Crippen molar-refractivity contribution in [1.29, 1.82) is 0 Å². The van der Waals surface area contributed by atoms with E-state index in [4.69, 9.17) is 4.74 Å². The molecule has 1 N–H and O–H groups in total. The van der Waals surface area contributed by atoms with Crippen molar-refractivity contribution in [3.63, 3.8) is 0 Å². The van der Waals surface area contributed by atoms with Crippen molar-refractivity contribution < 1.29 is 9.53 Å². The van der Waals surface area contributed by atoms with Crippen LogP contribution < -0.4 is 10.2 Å². The molecule has 4 nitrogen and oxygen atoms in total. The van der Waals surface area contributed by atoms with Crippen LogP contribution in [0.3, 0.4) is 0 Å². The summed E-state index contributed by atoms with van der Waals surface area (Å²) in [5.74, 6) is 0.221. The Hall–Kier alpha value is -3.14. The van der Waals surface area contributed by atoms with E-state index >= 15 is 0 Å². The molecule has 3 aromatic carbocycles. The molecular weight excluding hydrogens is 300 g/mol. The number of amides is 1. The molecule has 0 heterocycles. The van der Waals surface area contributed by atoms with Crippen molar-refractivity contribution in [3.8, 4) is 5.75 Å². The maximum Gasteiger partial charge on any atom is 0.275 e. The third kappa shape index (κ3) is 3.43. The Morgan fingerprint density at radius 2 is 1.79 bits per heavy atom. The monoisotopic (exact) mass is 318 g/mol. The highest BCUT2D eigenvalue weighted by Gasteiger charge is 2.13. The molecule has 0 atom stereocenters. The van der Waals surface area contributed by atoms with Crippen LogP contribution in [-0.4, -0.2) is 19.2 Å². The quantitative estimate of drug-likeness (QED) is 0.585. The number of methoxy groups -OCH3 is 1. The van der Waals surface area contributed by atoms with Gasteiger partial charge in [-0.15, -0.1) is 0 Å². The SMILES string of the molecule is COc1cc2ccccc2cc1C(=O)NN=Cc1cccc(C)c1. The summed E-state index contributed by atoms with van der Waals surface area (Å²) in [6.07, 6.45) is 1.62. The molecule has 0 aromatic heterocycles. The number of rotatable bonds is 4. The van der Waals surface area contributed by atoms with Crippen molar-refractivity contribution in [2.24, 2.45) is 5.10 Å². The van der Waals surface area contributed by atoms with Gasteiger partial charge in [-0.25, -0.2) is 5.43 Å². The van der Waals surface area contributed by atoms with Crippen LogP contribution in [0.4, 0.5) is 0 Å². The zero-order chi connectivity index (χ0) is 16.9. The van der Waals surface area contributed by atoms with E-state index in [0.29, 0.717) is 11.3 Å². The van der Waals surface area contributed by atoms with Gasteiger partial charge >= 0.3 is 0 Å². The number of hydrogen-bond donors (Lipinski definition) is 1. The molecule has 3 rings (SSSR count). The number of nitrogens with zero attached hydrogens (tertiary/aromatic N) is 1. The highest BCUT2D eigenvalue weighted by Crippen LogP contribution is 2.25. The Morgan fingerprint density at radius 3 is 2.50 bits per heavy atom. The van der Waals surface area contributed by atoms with Gasteiger partial charge in [0.1, 0.15) is 5.75 Å². The highest BCUT2D eigenvalue weighted by atomic mass is 16.5. The standard InChI is InChI=1S/C20H18N2O2/c1-14-6-5-7-15(10-14)13-21-22-20(23)18-11-16-8-3-4-9-17(16)12-19(18)24-2/h3-13H,1-2H3,(H,22,23). The van der Waals surface area contributed by atoms with Crippen LogP contribution in [0.5, 0.6) is 5.75 Å². The number of carbonyl (C=O) groups excluding carboxylic acids is 1. The predicted octanol–water partition coefficient (Wildman–Crippen LogP) is 3.92. The fourth-order valence-electron chi connectivity index (χ4n) is 2.54. The number of hydrogen-bond acceptors (Lipinski definition) is 3. The summed E-state index contributed by atoms with van der Waals surface area (Å²) in [4.78, 5) is 12.4. The number of hydrazone groups is 1. The molecule has 120 valence electrons. The average molecular weight is 318 g/mol. The highest BCUT2D eigenvalue weighted by molar-refractivity contribution is 6.01. The average Bonchev–Trinajstić information content (AvgIpc) is 2.60. The van der Waals surface area contributed by atoms with Gasteiger partial charge in [0.05, 0.1) is 18.9 Å². The Kier molecular flexibility index (Phi) is 4.57. The predicted molar refractivity (Wildman–Crippen MR) is 96.7 cm³/mol. The van der Waals surface area contributed by atoms with E-state index in [1.165, 1.54) is 0 Å². The van der Waals surface area contributed by atoms with Gasteiger partial charge in [-0.2, -0.15) is 5.10 Å². The molecular formula is C20H18N2O2. The minimum atomic E-state index is -0.304. The molecule has 24 heavy (non-hydrogen) atoms. The van der Waals surface area contributed by atoms with E-state index in [9.17, 15) is 4.79 Å².